The number of hydrogen-bond donors (Lipinski definition) is 1. The molecule has 0 amide bonds. The SMILES string of the molecule is COc1cc(C#N)cc(-c2cc3c(s2)CCCC32CCSC(N)=N2)c1F. The summed E-state index contributed by atoms with van der Waals surface area (Å²) in [4.78, 5) is 6.87. The molecule has 0 saturated carbocycles. The number of thiophene rings is 1. The third-order valence-electron chi connectivity index (χ3n) is 5.05. The second-order valence-electron chi connectivity index (χ2n) is 6.53. The van der Waals surface area contributed by atoms with Crippen molar-refractivity contribution in [2.45, 2.75) is 31.2 Å². The van der Waals surface area contributed by atoms with Gasteiger partial charge in [-0.2, -0.15) is 5.26 Å². The van der Waals surface area contributed by atoms with E-state index in [1.165, 1.54) is 23.6 Å². The molecular formula is C19H18FN3OS2. The largest absolute Gasteiger partial charge is 0.494 e. The van der Waals surface area contributed by atoms with E-state index >= 15 is 0 Å². The summed E-state index contributed by atoms with van der Waals surface area (Å²) in [6, 6.07) is 7.15. The van der Waals surface area contributed by atoms with E-state index in [0.29, 0.717) is 16.3 Å². The number of amidine groups is 1. The van der Waals surface area contributed by atoms with Crippen molar-refractivity contribution in [2.24, 2.45) is 10.7 Å². The van der Waals surface area contributed by atoms with Crippen LogP contribution in [0.1, 0.15) is 35.3 Å². The zero-order chi connectivity index (χ0) is 18.3. The Kier molecular flexibility index (Phi) is 4.41. The zero-order valence-corrected chi connectivity index (χ0v) is 16.0. The summed E-state index contributed by atoms with van der Waals surface area (Å²) in [7, 11) is 1.41. The number of aliphatic imine (C=N–C) groups is 1. The van der Waals surface area contributed by atoms with Crippen LogP contribution in [0.25, 0.3) is 10.4 Å². The Labute approximate surface area is 159 Å². The van der Waals surface area contributed by atoms with Crippen molar-refractivity contribution in [3.8, 4) is 22.3 Å². The smallest absolute Gasteiger partial charge is 0.173 e. The van der Waals surface area contributed by atoms with E-state index in [0.717, 1.165) is 36.3 Å². The average Bonchev–Trinajstić information content (AvgIpc) is 3.08. The maximum absolute atomic E-state index is 14.9. The summed E-state index contributed by atoms with van der Waals surface area (Å²) in [6.07, 6.45) is 3.95. The number of benzene rings is 1. The first kappa shape index (κ1) is 17.4. The van der Waals surface area contributed by atoms with Crippen molar-refractivity contribution in [1.82, 2.24) is 0 Å². The number of halogens is 1. The highest BCUT2D eigenvalue weighted by atomic mass is 32.2. The molecule has 1 aromatic heterocycles. The molecule has 0 radical (unpaired) electrons. The van der Waals surface area contributed by atoms with E-state index in [1.54, 1.807) is 29.2 Å². The number of fused-ring (bicyclic) bond motifs is 2. The van der Waals surface area contributed by atoms with Gasteiger partial charge in [0.15, 0.2) is 16.7 Å². The molecule has 4 nitrogen and oxygen atoms in total. The molecule has 0 bridgehead atoms. The van der Waals surface area contributed by atoms with Crippen molar-refractivity contribution in [3.63, 3.8) is 0 Å². The van der Waals surface area contributed by atoms with Gasteiger partial charge in [-0.3, -0.25) is 4.99 Å². The molecule has 0 fully saturated rings. The monoisotopic (exact) mass is 387 g/mol. The predicted molar refractivity (Wildman–Crippen MR) is 104 cm³/mol. The normalized spacial score (nSPS) is 21.8. The van der Waals surface area contributed by atoms with E-state index in [9.17, 15) is 9.65 Å². The first-order valence-electron chi connectivity index (χ1n) is 8.45. The summed E-state index contributed by atoms with van der Waals surface area (Å²) in [5.74, 6) is 0.615. The lowest BCUT2D eigenvalue weighted by Crippen LogP contribution is -2.34. The molecule has 7 heteroatoms. The molecule has 26 heavy (non-hydrogen) atoms. The topological polar surface area (TPSA) is 71.4 Å². The molecular weight excluding hydrogens is 369 g/mol. The molecule has 2 N–H and O–H groups in total. The van der Waals surface area contributed by atoms with Crippen LogP contribution >= 0.6 is 23.1 Å². The Morgan fingerprint density at radius 3 is 2.92 bits per heavy atom. The van der Waals surface area contributed by atoms with Crippen LogP contribution in [0.2, 0.25) is 0 Å². The quantitative estimate of drug-likeness (QED) is 0.828. The van der Waals surface area contributed by atoms with Crippen LogP contribution < -0.4 is 10.5 Å². The highest BCUT2D eigenvalue weighted by Gasteiger charge is 2.40. The number of nitrogens with two attached hydrogens (primary N) is 1. The number of nitriles is 1. The third-order valence-corrected chi connectivity index (χ3v) is 7.07. The summed E-state index contributed by atoms with van der Waals surface area (Å²) in [6.45, 7) is 0. The summed E-state index contributed by atoms with van der Waals surface area (Å²) in [5.41, 5.74) is 7.72. The minimum atomic E-state index is -0.429. The van der Waals surface area contributed by atoms with Crippen molar-refractivity contribution in [2.75, 3.05) is 12.9 Å². The molecule has 2 aliphatic rings. The first-order chi connectivity index (χ1) is 12.6. The number of nitrogens with zero attached hydrogens (tertiary/aromatic N) is 2. The maximum atomic E-state index is 14.9. The van der Waals surface area contributed by atoms with Gasteiger partial charge in [-0.25, -0.2) is 4.39 Å². The number of methoxy groups -OCH3 is 1. The van der Waals surface area contributed by atoms with Crippen molar-refractivity contribution < 1.29 is 9.13 Å². The number of aryl methyl sites for hydroxylation is 1. The lowest BCUT2D eigenvalue weighted by atomic mass is 9.78. The van der Waals surface area contributed by atoms with Crippen LogP contribution in [-0.2, 0) is 12.0 Å². The third kappa shape index (κ3) is 2.78. The predicted octanol–water partition coefficient (Wildman–Crippen LogP) is 4.42. The number of rotatable bonds is 2. The van der Waals surface area contributed by atoms with Gasteiger partial charge in [0.1, 0.15) is 0 Å². The summed E-state index contributed by atoms with van der Waals surface area (Å²) >= 11 is 3.18. The molecule has 2 heterocycles. The van der Waals surface area contributed by atoms with E-state index in [4.69, 9.17) is 15.5 Å². The summed E-state index contributed by atoms with van der Waals surface area (Å²) < 4.78 is 20.0. The molecule has 1 aliphatic carbocycles. The minimum absolute atomic E-state index is 0.0940. The van der Waals surface area contributed by atoms with E-state index in [1.807, 2.05) is 6.07 Å². The van der Waals surface area contributed by atoms with Gasteiger partial charge >= 0.3 is 0 Å². The van der Waals surface area contributed by atoms with Gasteiger partial charge < -0.3 is 10.5 Å². The van der Waals surface area contributed by atoms with Gasteiger partial charge in [0.05, 0.1) is 24.3 Å². The molecule has 1 aromatic carbocycles. The van der Waals surface area contributed by atoms with Gasteiger partial charge in [0.25, 0.3) is 0 Å². The lowest BCUT2D eigenvalue weighted by molar-refractivity contribution is 0.368. The van der Waals surface area contributed by atoms with E-state index in [-0.39, 0.29) is 11.3 Å². The second kappa shape index (κ2) is 6.60. The highest BCUT2D eigenvalue weighted by Crippen LogP contribution is 2.49. The maximum Gasteiger partial charge on any atom is 0.173 e. The van der Waals surface area contributed by atoms with Crippen molar-refractivity contribution in [3.05, 3.63) is 40.0 Å². The Balaban J connectivity index is 1.86. The first-order valence-corrected chi connectivity index (χ1v) is 10.3. The number of hydrogen-bond acceptors (Lipinski definition) is 6. The average molecular weight is 388 g/mol. The zero-order valence-electron chi connectivity index (χ0n) is 14.3. The van der Waals surface area contributed by atoms with Crippen LogP contribution in [-0.4, -0.2) is 18.0 Å². The van der Waals surface area contributed by atoms with Crippen molar-refractivity contribution in [1.29, 1.82) is 5.26 Å². The molecule has 2 aromatic rings. The Bertz CT molecular complexity index is 947. The Morgan fingerprint density at radius 2 is 2.19 bits per heavy atom. The highest BCUT2D eigenvalue weighted by molar-refractivity contribution is 8.13. The van der Waals surface area contributed by atoms with Crippen LogP contribution in [0.3, 0.4) is 0 Å². The number of ether oxygens (including phenoxy) is 1. The fourth-order valence-electron chi connectivity index (χ4n) is 3.81. The van der Waals surface area contributed by atoms with Gasteiger partial charge in [-0.15, -0.1) is 11.3 Å². The van der Waals surface area contributed by atoms with Crippen LogP contribution in [0.5, 0.6) is 5.75 Å². The van der Waals surface area contributed by atoms with Crippen molar-refractivity contribution >= 4 is 28.3 Å². The Morgan fingerprint density at radius 1 is 1.35 bits per heavy atom. The van der Waals surface area contributed by atoms with Crippen LogP contribution in [0, 0.1) is 17.1 Å². The molecule has 4 rings (SSSR count). The molecule has 134 valence electrons. The van der Waals surface area contributed by atoms with Gasteiger partial charge in [0.2, 0.25) is 0 Å². The van der Waals surface area contributed by atoms with Gasteiger partial charge in [0, 0.05) is 27.1 Å². The van der Waals surface area contributed by atoms with Crippen LogP contribution in [0.15, 0.2) is 23.2 Å². The molecule has 0 saturated heterocycles. The second-order valence-corrected chi connectivity index (χ2v) is 8.78. The number of thioether (sulfide) groups is 1. The van der Waals surface area contributed by atoms with E-state index < -0.39 is 5.82 Å². The standard InChI is InChI=1S/C19H18FN3OS2/c1-24-14-8-11(10-21)7-12(17(14)20)16-9-13-15(26-16)3-2-4-19(13)5-6-25-18(22)23-19/h7-9H,2-6H2,1H3,(H2,22,23). The van der Waals surface area contributed by atoms with Crippen LogP contribution in [0.4, 0.5) is 4.39 Å². The minimum Gasteiger partial charge on any atom is -0.494 e. The lowest BCUT2D eigenvalue weighted by Gasteiger charge is -2.36. The van der Waals surface area contributed by atoms with Gasteiger partial charge in [-0.05, 0) is 43.4 Å². The van der Waals surface area contributed by atoms with E-state index in [2.05, 4.69) is 6.07 Å². The molecule has 1 unspecified atom stereocenters. The molecule has 1 aliphatic heterocycles. The molecule has 1 atom stereocenters. The van der Waals surface area contributed by atoms with Gasteiger partial charge in [-0.1, -0.05) is 11.8 Å². The fraction of sp³-hybridized carbons (Fsp3) is 0.368. The Hall–Kier alpha value is -2.04. The molecule has 1 spiro atoms. The summed E-state index contributed by atoms with van der Waals surface area (Å²) in [5, 5.41) is 9.89. The fourth-order valence-corrected chi connectivity index (χ4v) is 6.00.